The van der Waals surface area contributed by atoms with Crippen LogP contribution in [0.2, 0.25) is 0 Å². The summed E-state index contributed by atoms with van der Waals surface area (Å²) >= 11 is 0. The standard InChI is InChI=1S/C24H20N2O6/c1-29-21-11-17(12-22(13-21)30-2)24(28)32-19-7-5-16(6-8-19)10-18(14-25)23(27)26-15-20-4-3-9-31-20/h3-13H,15H2,1-2H3,(H,26,27)/b18-10+. The van der Waals surface area contributed by atoms with Gasteiger partial charge in [0.1, 0.15) is 34.7 Å². The van der Waals surface area contributed by atoms with E-state index in [1.807, 2.05) is 6.07 Å². The first-order valence-electron chi connectivity index (χ1n) is 9.50. The van der Waals surface area contributed by atoms with E-state index < -0.39 is 11.9 Å². The van der Waals surface area contributed by atoms with Crippen LogP contribution in [0.5, 0.6) is 17.2 Å². The van der Waals surface area contributed by atoms with Crippen LogP contribution in [0.1, 0.15) is 21.7 Å². The van der Waals surface area contributed by atoms with Crippen LogP contribution in [0.15, 0.2) is 70.9 Å². The Kier molecular flexibility index (Phi) is 7.28. The number of hydrogen-bond donors (Lipinski definition) is 1. The molecule has 0 spiro atoms. The fourth-order valence-electron chi connectivity index (χ4n) is 2.71. The quantitative estimate of drug-likeness (QED) is 0.250. The minimum Gasteiger partial charge on any atom is -0.497 e. The minimum atomic E-state index is -0.583. The summed E-state index contributed by atoms with van der Waals surface area (Å²) in [6, 6.07) is 16.4. The minimum absolute atomic E-state index is 0.0650. The zero-order chi connectivity index (χ0) is 22.9. The third-order valence-electron chi connectivity index (χ3n) is 4.36. The molecule has 0 fully saturated rings. The van der Waals surface area contributed by atoms with Crippen LogP contribution in [-0.2, 0) is 11.3 Å². The van der Waals surface area contributed by atoms with Crippen LogP contribution in [0.3, 0.4) is 0 Å². The molecule has 0 bridgehead atoms. The molecule has 0 radical (unpaired) electrons. The van der Waals surface area contributed by atoms with E-state index in [0.29, 0.717) is 28.6 Å². The summed E-state index contributed by atoms with van der Waals surface area (Å²) in [6.45, 7) is 0.175. The molecule has 1 amide bonds. The van der Waals surface area contributed by atoms with E-state index in [9.17, 15) is 14.9 Å². The molecule has 2 aromatic carbocycles. The Morgan fingerprint density at radius 3 is 2.28 bits per heavy atom. The number of furan rings is 1. The van der Waals surface area contributed by atoms with Gasteiger partial charge in [0.15, 0.2) is 0 Å². The zero-order valence-corrected chi connectivity index (χ0v) is 17.5. The highest BCUT2D eigenvalue weighted by Crippen LogP contribution is 2.24. The molecule has 1 aromatic heterocycles. The van der Waals surface area contributed by atoms with Crippen molar-refractivity contribution in [2.75, 3.05) is 14.2 Å². The number of carbonyl (C=O) groups is 2. The monoisotopic (exact) mass is 432 g/mol. The van der Waals surface area contributed by atoms with E-state index in [2.05, 4.69) is 5.32 Å². The third kappa shape index (κ3) is 5.77. The summed E-state index contributed by atoms with van der Waals surface area (Å²) in [6.07, 6.45) is 2.94. The Hall–Kier alpha value is -4.51. The van der Waals surface area contributed by atoms with Gasteiger partial charge in [-0.25, -0.2) is 4.79 Å². The number of carbonyl (C=O) groups excluding carboxylic acids is 2. The van der Waals surface area contributed by atoms with Crippen molar-refractivity contribution in [2.24, 2.45) is 0 Å². The van der Waals surface area contributed by atoms with Crippen molar-refractivity contribution in [1.29, 1.82) is 5.26 Å². The molecule has 0 aliphatic heterocycles. The zero-order valence-electron chi connectivity index (χ0n) is 17.5. The Morgan fingerprint density at radius 1 is 1.03 bits per heavy atom. The maximum absolute atomic E-state index is 12.5. The van der Waals surface area contributed by atoms with Crippen LogP contribution in [-0.4, -0.2) is 26.1 Å². The Balaban J connectivity index is 1.66. The van der Waals surface area contributed by atoms with E-state index in [1.165, 1.54) is 26.6 Å². The molecule has 3 rings (SSSR count). The number of nitrogens with one attached hydrogen (secondary N) is 1. The maximum Gasteiger partial charge on any atom is 0.343 e. The second-order valence-corrected chi connectivity index (χ2v) is 6.49. The summed E-state index contributed by atoms with van der Waals surface area (Å²) in [5.41, 5.74) is 0.799. The summed E-state index contributed by atoms with van der Waals surface area (Å²) in [5.74, 6) is 0.703. The number of ether oxygens (including phenoxy) is 3. The predicted molar refractivity (Wildman–Crippen MR) is 115 cm³/mol. The molecule has 0 aliphatic carbocycles. The summed E-state index contributed by atoms with van der Waals surface area (Å²) < 4.78 is 20.9. The number of nitriles is 1. The summed E-state index contributed by atoms with van der Waals surface area (Å²) in [4.78, 5) is 24.7. The lowest BCUT2D eigenvalue weighted by Gasteiger charge is -2.09. The highest BCUT2D eigenvalue weighted by molar-refractivity contribution is 6.01. The van der Waals surface area contributed by atoms with Gasteiger partial charge in [0.25, 0.3) is 5.91 Å². The van der Waals surface area contributed by atoms with Gasteiger partial charge in [0, 0.05) is 6.07 Å². The average molecular weight is 432 g/mol. The Bertz CT molecular complexity index is 1140. The first-order chi connectivity index (χ1) is 15.5. The van der Waals surface area contributed by atoms with E-state index in [4.69, 9.17) is 18.6 Å². The van der Waals surface area contributed by atoms with Crippen molar-refractivity contribution in [3.63, 3.8) is 0 Å². The molecule has 3 aromatic rings. The maximum atomic E-state index is 12.5. The number of esters is 1. The van der Waals surface area contributed by atoms with Crippen molar-refractivity contribution in [2.45, 2.75) is 6.54 Å². The van der Waals surface area contributed by atoms with Gasteiger partial charge in [-0.15, -0.1) is 0 Å². The highest BCUT2D eigenvalue weighted by atomic mass is 16.5. The van der Waals surface area contributed by atoms with E-state index in [-0.39, 0.29) is 17.7 Å². The SMILES string of the molecule is COc1cc(OC)cc(C(=O)Oc2ccc(/C=C(\C#N)C(=O)NCc3ccco3)cc2)c1. The summed E-state index contributed by atoms with van der Waals surface area (Å²) in [7, 11) is 2.98. The number of nitrogens with zero attached hydrogens (tertiary/aromatic N) is 1. The number of amides is 1. The largest absolute Gasteiger partial charge is 0.497 e. The number of methoxy groups -OCH3 is 2. The lowest BCUT2D eigenvalue weighted by atomic mass is 10.1. The number of rotatable bonds is 8. The van der Waals surface area contributed by atoms with Crippen molar-refractivity contribution in [3.8, 4) is 23.3 Å². The molecule has 0 saturated carbocycles. The van der Waals surface area contributed by atoms with Crippen LogP contribution in [0, 0.1) is 11.3 Å². The van der Waals surface area contributed by atoms with Gasteiger partial charge in [-0.1, -0.05) is 12.1 Å². The van der Waals surface area contributed by atoms with Gasteiger partial charge in [-0.2, -0.15) is 5.26 Å². The second kappa shape index (κ2) is 10.5. The van der Waals surface area contributed by atoms with Crippen LogP contribution >= 0.6 is 0 Å². The van der Waals surface area contributed by atoms with E-state index in [1.54, 1.807) is 54.6 Å². The Morgan fingerprint density at radius 2 is 1.72 bits per heavy atom. The molecule has 0 saturated heterocycles. The highest BCUT2D eigenvalue weighted by Gasteiger charge is 2.13. The van der Waals surface area contributed by atoms with Crippen molar-refractivity contribution in [3.05, 3.63) is 83.3 Å². The molecule has 1 N–H and O–H groups in total. The van der Waals surface area contributed by atoms with Crippen molar-refractivity contribution in [1.82, 2.24) is 5.32 Å². The first kappa shape index (κ1) is 22.2. The van der Waals surface area contributed by atoms with Crippen molar-refractivity contribution >= 4 is 18.0 Å². The fraction of sp³-hybridized carbons (Fsp3) is 0.125. The smallest absolute Gasteiger partial charge is 0.343 e. The molecule has 1 heterocycles. The predicted octanol–water partition coefficient (Wildman–Crippen LogP) is 3.74. The van der Waals surface area contributed by atoms with E-state index >= 15 is 0 Å². The number of hydrogen-bond acceptors (Lipinski definition) is 7. The summed E-state index contributed by atoms with van der Waals surface area (Å²) in [5, 5.41) is 11.9. The molecular formula is C24H20N2O6. The first-order valence-corrected chi connectivity index (χ1v) is 9.50. The van der Waals surface area contributed by atoms with Crippen LogP contribution < -0.4 is 19.5 Å². The lowest BCUT2D eigenvalue weighted by Crippen LogP contribution is -2.23. The molecule has 0 unspecified atom stereocenters. The second-order valence-electron chi connectivity index (χ2n) is 6.49. The van der Waals surface area contributed by atoms with Gasteiger partial charge in [0.05, 0.1) is 32.6 Å². The molecule has 0 aliphatic rings. The van der Waals surface area contributed by atoms with Gasteiger partial charge >= 0.3 is 5.97 Å². The molecule has 0 atom stereocenters. The van der Waals surface area contributed by atoms with Gasteiger partial charge < -0.3 is 23.9 Å². The van der Waals surface area contributed by atoms with Crippen LogP contribution in [0.25, 0.3) is 6.08 Å². The van der Waals surface area contributed by atoms with Crippen LogP contribution in [0.4, 0.5) is 0 Å². The molecule has 8 nitrogen and oxygen atoms in total. The molecule has 8 heteroatoms. The normalized spacial score (nSPS) is 10.7. The molecule has 32 heavy (non-hydrogen) atoms. The Labute approximate surface area is 184 Å². The van der Waals surface area contributed by atoms with Gasteiger partial charge in [0.2, 0.25) is 0 Å². The van der Waals surface area contributed by atoms with Gasteiger partial charge in [-0.3, -0.25) is 4.79 Å². The van der Waals surface area contributed by atoms with Gasteiger partial charge in [-0.05, 0) is 48.0 Å². The lowest BCUT2D eigenvalue weighted by molar-refractivity contribution is -0.117. The molecular weight excluding hydrogens is 412 g/mol. The van der Waals surface area contributed by atoms with E-state index in [0.717, 1.165) is 0 Å². The third-order valence-corrected chi connectivity index (χ3v) is 4.36. The van der Waals surface area contributed by atoms with Crippen molar-refractivity contribution < 1.29 is 28.2 Å². The molecule has 162 valence electrons. The topological polar surface area (TPSA) is 111 Å². The average Bonchev–Trinajstić information content (AvgIpc) is 3.35. The fourth-order valence-corrected chi connectivity index (χ4v) is 2.71. The number of benzene rings is 2.